The Balaban J connectivity index is 1.89. The van der Waals surface area contributed by atoms with Crippen LogP contribution in [0.3, 0.4) is 0 Å². The molecule has 20 heavy (non-hydrogen) atoms. The first-order chi connectivity index (χ1) is 9.74. The van der Waals surface area contributed by atoms with Gasteiger partial charge >= 0.3 is 0 Å². The Labute approximate surface area is 130 Å². The number of rotatable bonds is 1. The molecule has 1 aromatic heterocycles. The predicted octanol–water partition coefficient (Wildman–Crippen LogP) is 5.14. The molecule has 2 aromatic carbocycles. The average molecular weight is 321 g/mol. The molecule has 0 saturated heterocycles. The van der Waals surface area contributed by atoms with Crippen molar-refractivity contribution in [1.29, 1.82) is 0 Å². The number of imidazole rings is 1. The van der Waals surface area contributed by atoms with Crippen LogP contribution in [0.5, 0.6) is 0 Å². The SMILES string of the molecule is Clc1ccc([C@@H]2SCc3nc4ccccc4n32)cc1Cl. The van der Waals surface area contributed by atoms with Crippen LogP contribution in [0.4, 0.5) is 0 Å². The first-order valence-electron chi connectivity index (χ1n) is 6.26. The van der Waals surface area contributed by atoms with E-state index >= 15 is 0 Å². The van der Waals surface area contributed by atoms with E-state index in [9.17, 15) is 0 Å². The van der Waals surface area contributed by atoms with Crippen molar-refractivity contribution in [2.75, 3.05) is 0 Å². The highest BCUT2D eigenvalue weighted by molar-refractivity contribution is 7.99. The number of hydrogen-bond donors (Lipinski definition) is 0. The van der Waals surface area contributed by atoms with Crippen LogP contribution in [-0.4, -0.2) is 9.55 Å². The zero-order valence-corrected chi connectivity index (χ0v) is 12.7. The number of para-hydroxylation sites is 2. The molecule has 4 rings (SSSR count). The molecule has 0 aliphatic carbocycles. The van der Waals surface area contributed by atoms with Crippen molar-refractivity contribution in [3.63, 3.8) is 0 Å². The van der Waals surface area contributed by atoms with Gasteiger partial charge in [-0.05, 0) is 29.8 Å². The van der Waals surface area contributed by atoms with Crippen molar-refractivity contribution in [3.05, 3.63) is 63.9 Å². The summed E-state index contributed by atoms with van der Waals surface area (Å²) < 4.78 is 2.29. The minimum absolute atomic E-state index is 0.215. The van der Waals surface area contributed by atoms with E-state index in [2.05, 4.69) is 16.7 Å². The maximum absolute atomic E-state index is 6.15. The van der Waals surface area contributed by atoms with E-state index in [0.29, 0.717) is 10.0 Å². The third kappa shape index (κ3) is 1.85. The molecule has 2 heterocycles. The summed E-state index contributed by atoms with van der Waals surface area (Å²) in [5, 5.41) is 1.41. The van der Waals surface area contributed by atoms with E-state index in [-0.39, 0.29) is 5.37 Å². The molecule has 0 unspecified atom stereocenters. The Kier molecular flexibility index (Phi) is 2.95. The van der Waals surface area contributed by atoms with Crippen molar-refractivity contribution >= 4 is 46.0 Å². The van der Waals surface area contributed by atoms with E-state index in [4.69, 9.17) is 28.2 Å². The van der Waals surface area contributed by atoms with Gasteiger partial charge in [0.25, 0.3) is 0 Å². The van der Waals surface area contributed by atoms with Crippen molar-refractivity contribution in [2.45, 2.75) is 11.1 Å². The van der Waals surface area contributed by atoms with Crippen molar-refractivity contribution in [3.8, 4) is 0 Å². The summed E-state index contributed by atoms with van der Waals surface area (Å²) in [5.74, 6) is 2.03. The monoisotopic (exact) mass is 320 g/mol. The number of nitrogens with zero attached hydrogens (tertiary/aromatic N) is 2. The molecular formula is C15H10Cl2N2S. The average Bonchev–Trinajstić information content (AvgIpc) is 3.00. The zero-order chi connectivity index (χ0) is 13.7. The van der Waals surface area contributed by atoms with Gasteiger partial charge in [-0.1, -0.05) is 41.4 Å². The van der Waals surface area contributed by atoms with E-state index in [0.717, 1.165) is 22.7 Å². The summed E-state index contributed by atoms with van der Waals surface area (Å²) in [6.45, 7) is 0. The molecule has 0 bridgehead atoms. The predicted molar refractivity (Wildman–Crippen MR) is 85.6 cm³/mol. The second-order valence-electron chi connectivity index (χ2n) is 4.72. The summed E-state index contributed by atoms with van der Waals surface area (Å²) in [4.78, 5) is 4.69. The first kappa shape index (κ1) is 12.6. The minimum Gasteiger partial charge on any atom is -0.310 e. The molecule has 0 N–H and O–H groups in total. The Morgan fingerprint density at radius 3 is 2.80 bits per heavy atom. The molecular weight excluding hydrogens is 311 g/mol. The van der Waals surface area contributed by atoms with Gasteiger partial charge in [0.2, 0.25) is 0 Å². The summed E-state index contributed by atoms with van der Waals surface area (Å²) >= 11 is 14.0. The Morgan fingerprint density at radius 1 is 1.10 bits per heavy atom. The van der Waals surface area contributed by atoms with Gasteiger partial charge in [-0.15, -0.1) is 11.8 Å². The smallest absolute Gasteiger partial charge is 0.121 e. The third-order valence-corrected chi connectivity index (χ3v) is 5.47. The molecule has 1 atom stereocenters. The Bertz CT molecular complexity index is 813. The lowest BCUT2D eigenvalue weighted by Gasteiger charge is -2.14. The number of hydrogen-bond acceptors (Lipinski definition) is 2. The summed E-state index contributed by atoms with van der Waals surface area (Å²) in [5.41, 5.74) is 3.38. The maximum Gasteiger partial charge on any atom is 0.121 e. The molecule has 0 saturated carbocycles. The van der Waals surface area contributed by atoms with E-state index in [1.54, 1.807) is 0 Å². The molecule has 1 aliphatic heterocycles. The summed E-state index contributed by atoms with van der Waals surface area (Å²) in [6.07, 6.45) is 0. The molecule has 0 radical (unpaired) electrons. The van der Waals surface area contributed by atoms with Crippen LogP contribution < -0.4 is 0 Å². The van der Waals surface area contributed by atoms with Gasteiger partial charge in [0.05, 0.1) is 26.8 Å². The first-order valence-corrected chi connectivity index (χ1v) is 8.07. The molecule has 1 aliphatic rings. The van der Waals surface area contributed by atoms with Gasteiger partial charge in [0.15, 0.2) is 0 Å². The minimum atomic E-state index is 0.215. The van der Waals surface area contributed by atoms with Crippen LogP contribution in [-0.2, 0) is 5.75 Å². The van der Waals surface area contributed by atoms with Crippen LogP contribution in [0.25, 0.3) is 11.0 Å². The van der Waals surface area contributed by atoms with Gasteiger partial charge in [0.1, 0.15) is 11.2 Å². The van der Waals surface area contributed by atoms with E-state index < -0.39 is 0 Å². The lowest BCUT2D eigenvalue weighted by atomic mass is 10.2. The maximum atomic E-state index is 6.15. The fourth-order valence-electron chi connectivity index (χ4n) is 2.60. The van der Waals surface area contributed by atoms with Gasteiger partial charge in [-0.2, -0.15) is 0 Å². The number of halogens is 2. The van der Waals surface area contributed by atoms with Crippen LogP contribution in [0, 0.1) is 0 Å². The van der Waals surface area contributed by atoms with Gasteiger partial charge in [0, 0.05) is 0 Å². The number of thioether (sulfide) groups is 1. The fourth-order valence-corrected chi connectivity index (χ4v) is 4.14. The second-order valence-corrected chi connectivity index (χ2v) is 6.61. The van der Waals surface area contributed by atoms with Crippen molar-refractivity contribution in [2.24, 2.45) is 0 Å². The standard InChI is InChI=1S/C15H10Cl2N2S/c16-10-6-5-9(7-11(10)17)15-19-13-4-2-1-3-12(13)18-14(19)8-20-15/h1-7,15H,8H2/t15-/m0/s1. The normalized spacial score (nSPS) is 17.6. The molecule has 3 aromatic rings. The largest absolute Gasteiger partial charge is 0.310 e. The van der Waals surface area contributed by atoms with Crippen LogP contribution >= 0.6 is 35.0 Å². The van der Waals surface area contributed by atoms with Crippen LogP contribution in [0.15, 0.2) is 42.5 Å². The molecule has 100 valence electrons. The highest BCUT2D eigenvalue weighted by Crippen LogP contribution is 2.43. The second kappa shape index (κ2) is 4.69. The number of benzene rings is 2. The third-order valence-electron chi connectivity index (χ3n) is 3.50. The molecule has 0 spiro atoms. The molecule has 0 fully saturated rings. The van der Waals surface area contributed by atoms with Gasteiger partial charge in [-0.25, -0.2) is 4.98 Å². The van der Waals surface area contributed by atoms with Gasteiger partial charge < -0.3 is 4.57 Å². The van der Waals surface area contributed by atoms with Crippen LogP contribution in [0.2, 0.25) is 10.0 Å². The lowest BCUT2D eigenvalue weighted by molar-refractivity contribution is 0.794. The fraction of sp³-hybridized carbons (Fsp3) is 0.133. The quantitative estimate of drug-likeness (QED) is 0.618. The summed E-state index contributed by atoms with van der Waals surface area (Å²) in [7, 11) is 0. The summed E-state index contributed by atoms with van der Waals surface area (Å²) in [6, 6.07) is 14.1. The molecule has 0 amide bonds. The highest BCUT2D eigenvalue weighted by atomic mass is 35.5. The van der Waals surface area contributed by atoms with E-state index in [1.165, 1.54) is 5.52 Å². The van der Waals surface area contributed by atoms with Crippen molar-refractivity contribution < 1.29 is 0 Å². The Morgan fingerprint density at radius 2 is 1.95 bits per heavy atom. The van der Waals surface area contributed by atoms with Gasteiger partial charge in [-0.3, -0.25) is 0 Å². The van der Waals surface area contributed by atoms with Crippen LogP contribution in [0.1, 0.15) is 16.8 Å². The number of aromatic nitrogens is 2. The Hall–Kier alpha value is -1.16. The molecule has 5 heteroatoms. The molecule has 2 nitrogen and oxygen atoms in total. The topological polar surface area (TPSA) is 17.8 Å². The van der Waals surface area contributed by atoms with Crippen molar-refractivity contribution in [1.82, 2.24) is 9.55 Å². The number of fused-ring (bicyclic) bond motifs is 3. The zero-order valence-electron chi connectivity index (χ0n) is 10.4. The highest BCUT2D eigenvalue weighted by Gasteiger charge is 2.27. The lowest BCUT2D eigenvalue weighted by Crippen LogP contribution is -2.03. The van der Waals surface area contributed by atoms with E-state index in [1.807, 2.05) is 42.1 Å².